The predicted molar refractivity (Wildman–Crippen MR) is 90.2 cm³/mol. The van der Waals surface area contributed by atoms with Crippen LogP contribution in [-0.2, 0) is 0 Å². The average molecular weight is 347 g/mol. The summed E-state index contributed by atoms with van der Waals surface area (Å²) in [5.41, 5.74) is 3.56. The molecule has 1 heterocycles. The highest BCUT2D eigenvalue weighted by Crippen LogP contribution is 2.37. The van der Waals surface area contributed by atoms with Crippen molar-refractivity contribution in [3.63, 3.8) is 0 Å². The van der Waals surface area contributed by atoms with Crippen molar-refractivity contribution in [1.29, 1.82) is 0 Å². The molecule has 6 nitrogen and oxygen atoms in total. The molecule has 0 fully saturated rings. The van der Waals surface area contributed by atoms with Gasteiger partial charge in [0, 0.05) is 22.2 Å². The van der Waals surface area contributed by atoms with Crippen LogP contribution in [0, 0.1) is 0 Å². The van der Waals surface area contributed by atoms with Crippen molar-refractivity contribution in [3.05, 3.63) is 52.5 Å². The van der Waals surface area contributed by atoms with Crippen molar-refractivity contribution < 1.29 is 19.0 Å². The molecule has 0 saturated heterocycles. The number of nitrogens with one attached hydrogen (secondary N) is 1. The molecule has 1 aliphatic heterocycles. The van der Waals surface area contributed by atoms with Gasteiger partial charge in [-0.05, 0) is 31.2 Å². The van der Waals surface area contributed by atoms with Crippen LogP contribution in [0.2, 0.25) is 5.02 Å². The molecule has 0 saturated carbocycles. The number of hydrazone groups is 1. The van der Waals surface area contributed by atoms with Crippen LogP contribution in [0.15, 0.2) is 41.5 Å². The first kappa shape index (κ1) is 16.1. The zero-order valence-corrected chi connectivity index (χ0v) is 13.7. The van der Waals surface area contributed by atoms with E-state index in [-0.39, 0.29) is 12.7 Å². The SMILES string of the molecule is CCOc1cc2c(cc1/C=N/NC(=O)c1cccc(Cl)c1)OCO2. The third-order valence-electron chi connectivity index (χ3n) is 3.26. The van der Waals surface area contributed by atoms with Gasteiger partial charge >= 0.3 is 0 Å². The second-order valence-corrected chi connectivity index (χ2v) is 5.32. The predicted octanol–water partition coefficient (Wildman–Crippen LogP) is 3.23. The van der Waals surface area contributed by atoms with E-state index >= 15 is 0 Å². The van der Waals surface area contributed by atoms with E-state index in [1.54, 1.807) is 36.4 Å². The molecule has 124 valence electrons. The molecule has 0 atom stereocenters. The molecule has 0 radical (unpaired) electrons. The number of benzene rings is 2. The third kappa shape index (κ3) is 3.60. The molecule has 2 aromatic carbocycles. The summed E-state index contributed by atoms with van der Waals surface area (Å²) in [7, 11) is 0. The van der Waals surface area contributed by atoms with Crippen LogP contribution in [0.25, 0.3) is 0 Å². The summed E-state index contributed by atoms with van der Waals surface area (Å²) in [6.07, 6.45) is 1.50. The highest BCUT2D eigenvalue weighted by Gasteiger charge is 2.17. The van der Waals surface area contributed by atoms with Crippen LogP contribution in [0.3, 0.4) is 0 Å². The summed E-state index contributed by atoms with van der Waals surface area (Å²) in [5.74, 6) is 1.48. The smallest absolute Gasteiger partial charge is 0.271 e. The maximum Gasteiger partial charge on any atom is 0.271 e. The number of hydrogen-bond acceptors (Lipinski definition) is 5. The van der Waals surface area contributed by atoms with Crippen molar-refractivity contribution in [3.8, 4) is 17.2 Å². The minimum absolute atomic E-state index is 0.174. The van der Waals surface area contributed by atoms with Crippen LogP contribution < -0.4 is 19.6 Å². The quantitative estimate of drug-likeness (QED) is 0.666. The number of amides is 1. The zero-order chi connectivity index (χ0) is 16.9. The van der Waals surface area contributed by atoms with Crippen molar-refractivity contribution in [2.24, 2.45) is 5.10 Å². The van der Waals surface area contributed by atoms with Gasteiger partial charge in [-0.15, -0.1) is 0 Å². The topological polar surface area (TPSA) is 69.2 Å². The van der Waals surface area contributed by atoms with E-state index < -0.39 is 0 Å². The second-order valence-electron chi connectivity index (χ2n) is 4.89. The summed E-state index contributed by atoms with van der Waals surface area (Å²) < 4.78 is 16.2. The lowest BCUT2D eigenvalue weighted by atomic mass is 10.2. The minimum atomic E-state index is -0.354. The van der Waals surface area contributed by atoms with Crippen molar-refractivity contribution in [2.45, 2.75) is 6.92 Å². The van der Waals surface area contributed by atoms with Crippen molar-refractivity contribution in [1.82, 2.24) is 5.43 Å². The summed E-state index contributed by atoms with van der Waals surface area (Å²) >= 11 is 5.87. The van der Waals surface area contributed by atoms with Crippen LogP contribution in [0.1, 0.15) is 22.8 Å². The van der Waals surface area contributed by atoms with Crippen LogP contribution >= 0.6 is 11.6 Å². The average Bonchev–Trinajstić information content (AvgIpc) is 3.02. The Bertz CT molecular complexity index is 792. The van der Waals surface area contributed by atoms with E-state index in [2.05, 4.69) is 10.5 Å². The molecule has 0 spiro atoms. The molecule has 0 aliphatic carbocycles. The summed E-state index contributed by atoms with van der Waals surface area (Å²) in [4.78, 5) is 12.0. The van der Waals surface area contributed by atoms with Gasteiger partial charge in [0.05, 0.1) is 12.8 Å². The maximum absolute atomic E-state index is 12.0. The number of carbonyl (C=O) groups is 1. The number of fused-ring (bicyclic) bond motifs is 1. The van der Waals surface area contributed by atoms with Gasteiger partial charge < -0.3 is 14.2 Å². The highest BCUT2D eigenvalue weighted by molar-refractivity contribution is 6.30. The van der Waals surface area contributed by atoms with Crippen LogP contribution in [-0.4, -0.2) is 25.5 Å². The Morgan fingerprint density at radius 3 is 2.88 bits per heavy atom. The van der Waals surface area contributed by atoms with E-state index in [1.807, 2.05) is 6.92 Å². The second kappa shape index (κ2) is 7.23. The van der Waals surface area contributed by atoms with Gasteiger partial charge in [0.25, 0.3) is 5.91 Å². The Hall–Kier alpha value is -2.73. The van der Waals surface area contributed by atoms with Gasteiger partial charge in [0.2, 0.25) is 6.79 Å². The van der Waals surface area contributed by atoms with E-state index in [4.69, 9.17) is 25.8 Å². The van der Waals surface area contributed by atoms with Crippen LogP contribution in [0.4, 0.5) is 0 Å². The minimum Gasteiger partial charge on any atom is -0.493 e. The number of nitrogens with zero attached hydrogens (tertiary/aromatic N) is 1. The molecule has 1 amide bonds. The van der Waals surface area contributed by atoms with Gasteiger partial charge in [0.15, 0.2) is 11.5 Å². The first-order valence-electron chi connectivity index (χ1n) is 7.33. The number of rotatable bonds is 5. The van der Waals surface area contributed by atoms with Gasteiger partial charge in [0.1, 0.15) is 5.75 Å². The first-order chi connectivity index (χ1) is 11.7. The van der Waals surface area contributed by atoms with Gasteiger partial charge in [-0.3, -0.25) is 4.79 Å². The molecule has 7 heteroatoms. The molecule has 0 aromatic heterocycles. The van der Waals surface area contributed by atoms with Crippen LogP contribution in [0.5, 0.6) is 17.2 Å². The fourth-order valence-corrected chi connectivity index (χ4v) is 2.37. The fourth-order valence-electron chi connectivity index (χ4n) is 2.18. The lowest BCUT2D eigenvalue weighted by Gasteiger charge is -2.08. The maximum atomic E-state index is 12.0. The molecule has 1 aliphatic rings. The van der Waals surface area contributed by atoms with E-state index in [0.717, 1.165) is 0 Å². The summed E-state index contributed by atoms with van der Waals surface area (Å²) in [5, 5.41) is 4.46. The fraction of sp³-hybridized carbons (Fsp3) is 0.176. The Morgan fingerprint density at radius 2 is 2.12 bits per heavy atom. The molecular formula is C17H15ClN2O4. The Kier molecular flexibility index (Phi) is 4.86. The summed E-state index contributed by atoms with van der Waals surface area (Å²) in [6.45, 7) is 2.55. The summed E-state index contributed by atoms with van der Waals surface area (Å²) in [6, 6.07) is 10.1. The molecule has 1 N–H and O–H groups in total. The number of halogens is 1. The van der Waals surface area contributed by atoms with E-state index in [1.165, 1.54) is 6.21 Å². The molecule has 3 rings (SSSR count). The zero-order valence-electron chi connectivity index (χ0n) is 12.9. The van der Waals surface area contributed by atoms with Crippen molar-refractivity contribution in [2.75, 3.05) is 13.4 Å². The Labute approximate surface area is 144 Å². The normalized spacial score (nSPS) is 12.4. The molecular weight excluding hydrogens is 332 g/mol. The Morgan fingerprint density at radius 1 is 1.33 bits per heavy atom. The van der Waals surface area contributed by atoms with E-state index in [0.29, 0.717) is 40.0 Å². The standard InChI is InChI=1S/C17H15ClN2O4/c1-2-22-14-8-16-15(23-10-24-16)7-12(14)9-19-20-17(21)11-4-3-5-13(18)6-11/h3-9H,2,10H2,1H3,(H,20,21)/b19-9+. The van der Waals surface area contributed by atoms with Gasteiger partial charge in [-0.2, -0.15) is 5.10 Å². The largest absolute Gasteiger partial charge is 0.493 e. The molecule has 0 bridgehead atoms. The molecule has 0 unspecified atom stereocenters. The highest BCUT2D eigenvalue weighted by atomic mass is 35.5. The van der Waals surface area contributed by atoms with Gasteiger partial charge in [-0.1, -0.05) is 17.7 Å². The lowest BCUT2D eigenvalue weighted by molar-refractivity contribution is 0.0955. The number of hydrogen-bond donors (Lipinski definition) is 1. The lowest BCUT2D eigenvalue weighted by Crippen LogP contribution is -2.17. The number of ether oxygens (including phenoxy) is 3. The first-order valence-corrected chi connectivity index (χ1v) is 7.70. The number of carbonyl (C=O) groups excluding carboxylic acids is 1. The van der Waals surface area contributed by atoms with E-state index in [9.17, 15) is 4.79 Å². The molecule has 2 aromatic rings. The Balaban J connectivity index is 1.75. The third-order valence-corrected chi connectivity index (χ3v) is 3.50. The monoisotopic (exact) mass is 346 g/mol. The van der Waals surface area contributed by atoms with Crippen molar-refractivity contribution >= 4 is 23.7 Å². The molecule has 24 heavy (non-hydrogen) atoms. The van der Waals surface area contributed by atoms with Gasteiger partial charge in [-0.25, -0.2) is 5.43 Å².